The number of hydrogen-bond donors (Lipinski definition) is 17. The Morgan fingerprint density at radius 3 is 1.39 bits per heavy atom. The van der Waals surface area contributed by atoms with E-state index in [4.69, 9.17) is 45.3 Å². The summed E-state index contributed by atoms with van der Waals surface area (Å²) in [6, 6.07) is 12.3. The summed E-state index contributed by atoms with van der Waals surface area (Å²) in [4.78, 5) is 123. The minimum atomic E-state index is -1.36. The molecular formula is C69H112N14O16S2. The number of rotatable bonds is 58. The van der Waals surface area contributed by atoms with Gasteiger partial charge in [0.2, 0.25) is 53.2 Å². The Morgan fingerprint density at radius 1 is 0.436 bits per heavy atom. The zero-order valence-corrected chi connectivity index (χ0v) is 60.8. The SMILES string of the molecule is CC(C)NCCCCC(NC(=O)C(CS)NC(=O)CNC(=O)C(Cc1ccc2ccccc2c1)NC(=O)[C@@H](CCCNC(=N)N)NC(=O)C(CCCCNC(C)C)NC(=O)C(Cc1ccc(O)cc1)NC(=O)CCS)C(=O)NCCOCCOCCOCCOCCOCCOCCC(N)=O. The van der Waals surface area contributed by atoms with Gasteiger partial charge in [0.05, 0.1) is 85.8 Å². The molecule has 0 radical (unpaired) electrons. The van der Waals surface area contributed by atoms with E-state index in [1.807, 2.05) is 64.1 Å². The number of phenols is 1. The van der Waals surface area contributed by atoms with Gasteiger partial charge in [0.15, 0.2) is 5.96 Å². The molecule has 566 valence electrons. The van der Waals surface area contributed by atoms with Gasteiger partial charge in [0.1, 0.15) is 42.0 Å². The second-order valence-electron chi connectivity index (χ2n) is 24.5. The maximum Gasteiger partial charge on any atom is 0.244 e. The molecule has 0 aliphatic carbocycles. The van der Waals surface area contributed by atoms with Crippen LogP contribution < -0.4 is 70.0 Å². The first-order chi connectivity index (χ1) is 48.6. The molecule has 5 unspecified atom stereocenters. The van der Waals surface area contributed by atoms with Crippen LogP contribution in [0.4, 0.5) is 0 Å². The summed E-state index contributed by atoms with van der Waals surface area (Å²) < 4.78 is 32.8. The van der Waals surface area contributed by atoms with Crippen molar-refractivity contribution < 1.29 is 76.7 Å². The number of primary amides is 1. The second-order valence-corrected chi connectivity index (χ2v) is 25.3. The summed E-state index contributed by atoms with van der Waals surface area (Å²) in [5, 5.41) is 50.7. The number of aromatic hydroxyl groups is 1. The van der Waals surface area contributed by atoms with Crippen molar-refractivity contribution in [2.45, 2.75) is 153 Å². The molecule has 0 fully saturated rings. The number of unbranched alkanes of at least 4 members (excludes halogenated alkanes) is 2. The molecule has 3 aromatic rings. The summed E-state index contributed by atoms with van der Waals surface area (Å²) in [5.74, 6) is -6.12. The third kappa shape index (κ3) is 41.3. The van der Waals surface area contributed by atoms with Gasteiger partial charge in [-0.1, -0.05) is 82.3 Å². The van der Waals surface area contributed by atoms with Gasteiger partial charge in [-0.25, -0.2) is 0 Å². The first-order valence-corrected chi connectivity index (χ1v) is 36.0. The average Bonchev–Trinajstić information content (AvgIpc) is 0.843. The van der Waals surface area contributed by atoms with E-state index in [9.17, 15) is 48.3 Å². The number of phenolic OH excluding ortho intramolecular Hbond substituents is 1. The molecule has 3 rings (SSSR count). The van der Waals surface area contributed by atoms with Crippen molar-refractivity contribution in [1.82, 2.24) is 58.5 Å². The van der Waals surface area contributed by atoms with Gasteiger partial charge in [0.25, 0.3) is 0 Å². The lowest BCUT2D eigenvalue weighted by atomic mass is 10.00. The molecule has 0 aliphatic rings. The number of guanidine groups is 1. The molecular weight excluding hydrogens is 1340 g/mol. The molecule has 9 amide bonds. The molecule has 3 aromatic carbocycles. The van der Waals surface area contributed by atoms with Crippen LogP contribution in [-0.2, 0) is 84.4 Å². The van der Waals surface area contributed by atoms with Crippen molar-refractivity contribution in [2.75, 3.05) is 124 Å². The minimum absolute atomic E-state index is 0.00311. The molecule has 0 aromatic heterocycles. The number of hydrogen-bond acceptors (Lipinski definition) is 21. The van der Waals surface area contributed by atoms with E-state index >= 15 is 0 Å². The average molecular weight is 1460 g/mol. The first kappa shape index (κ1) is 87.8. The van der Waals surface area contributed by atoms with E-state index in [0.717, 1.165) is 10.8 Å². The largest absolute Gasteiger partial charge is 0.508 e. The van der Waals surface area contributed by atoms with Gasteiger partial charge < -0.3 is 103 Å². The predicted octanol–water partition coefficient (Wildman–Crippen LogP) is 0.296. The van der Waals surface area contributed by atoms with Gasteiger partial charge >= 0.3 is 0 Å². The summed E-state index contributed by atoms with van der Waals surface area (Å²) >= 11 is 8.53. The maximum absolute atomic E-state index is 14.8. The fraction of sp³-hybridized carbons (Fsp3) is 0.623. The molecule has 0 saturated heterocycles. The lowest BCUT2D eigenvalue weighted by Crippen LogP contribution is -2.59. The standard InChI is InChI=1S/C69H112N14O16S2/c1-47(2)73-25-9-7-14-54(63(88)75-28-30-95-32-34-97-36-38-99-40-39-98-37-35-96-33-31-94-29-23-60(70)85)80-68(93)59(46-101)79-62(87)45-77-64(89)57(44-50-17-20-51-12-5-6-13-52(51)42-50)83-66(91)56(16-11-27-76-69(71)72)81-65(90)55(15-8-10-26-74-48(3)4)82-67(92)58(78-61(86)24-41-100)43-49-18-21-53(84)22-19-49/h5-6,12-13,17-22,42,47-48,54-59,73-74,84,100-101H,7-11,14-16,23-41,43-46H2,1-4H3,(H2,70,85)(H,75,88)(H,77,89)(H,78,86)(H,79,87)(H,80,93)(H,81,90)(H,82,92)(H,83,91)(H4,71,72,76)/t54?,55?,56-,57?,58?,59?/m1/s1. The van der Waals surface area contributed by atoms with Crippen LogP contribution in [-0.4, -0.2) is 236 Å². The van der Waals surface area contributed by atoms with Crippen molar-refractivity contribution in [1.29, 1.82) is 5.41 Å². The highest BCUT2D eigenvalue weighted by Crippen LogP contribution is 2.18. The predicted molar refractivity (Wildman–Crippen MR) is 391 cm³/mol. The van der Waals surface area contributed by atoms with Crippen LogP contribution >= 0.6 is 25.3 Å². The highest BCUT2D eigenvalue weighted by Gasteiger charge is 2.33. The van der Waals surface area contributed by atoms with Crippen molar-refractivity contribution >= 4 is 95.2 Å². The topological polar surface area (TPSA) is 437 Å². The van der Waals surface area contributed by atoms with Gasteiger partial charge in [-0.15, -0.1) is 0 Å². The van der Waals surface area contributed by atoms with Crippen molar-refractivity contribution in [3.05, 3.63) is 77.9 Å². The Balaban J connectivity index is 1.71. The minimum Gasteiger partial charge on any atom is -0.508 e. The molecule has 0 saturated carbocycles. The second kappa shape index (κ2) is 53.4. The van der Waals surface area contributed by atoms with E-state index in [0.29, 0.717) is 103 Å². The number of benzene rings is 3. The smallest absolute Gasteiger partial charge is 0.244 e. The van der Waals surface area contributed by atoms with E-state index in [1.165, 1.54) is 12.1 Å². The highest BCUT2D eigenvalue weighted by atomic mass is 32.1. The molecule has 0 aliphatic heterocycles. The van der Waals surface area contributed by atoms with Crippen LogP contribution in [0.5, 0.6) is 5.75 Å². The zero-order valence-electron chi connectivity index (χ0n) is 59.0. The molecule has 30 nitrogen and oxygen atoms in total. The van der Waals surface area contributed by atoms with Gasteiger partial charge in [-0.2, -0.15) is 25.3 Å². The fourth-order valence-electron chi connectivity index (χ4n) is 9.88. The number of thiol groups is 2. The molecule has 32 heteroatoms. The monoisotopic (exact) mass is 1460 g/mol. The Kier molecular flexibility index (Phi) is 46.4. The molecule has 6 atom stereocenters. The van der Waals surface area contributed by atoms with Gasteiger partial charge in [-0.3, -0.25) is 48.6 Å². The maximum atomic E-state index is 14.8. The van der Waals surface area contributed by atoms with Crippen LogP contribution in [0.25, 0.3) is 10.8 Å². The van der Waals surface area contributed by atoms with Crippen LogP contribution in [0.1, 0.15) is 103 Å². The Hall–Kier alpha value is -7.40. The third-order valence-electron chi connectivity index (χ3n) is 15.2. The molecule has 17 N–H and O–H groups in total. The number of nitrogens with two attached hydrogens (primary N) is 2. The number of carbonyl (C=O) groups is 9. The van der Waals surface area contributed by atoms with Crippen molar-refractivity contribution in [2.24, 2.45) is 11.5 Å². The van der Waals surface area contributed by atoms with Gasteiger partial charge in [-0.05, 0) is 104 Å². The molecule has 0 spiro atoms. The summed E-state index contributed by atoms with van der Waals surface area (Å²) in [5.41, 5.74) is 11.9. The molecule has 101 heavy (non-hydrogen) atoms. The Morgan fingerprint density at radius 2 is 0.871 bits per heavy atom. The normalized spacial score (nSPS) is 13.1. The third-order valence-corrected chi connectivity index (χ3v) is 15.8. The molecule has 0 bridgehead atoms. The van der Waals surface area contributed by atoms with Crippen LogP contribution in [0.2, 0.25) is 0 Å². The lowest BCUT2D eigenvalue weighted by molar-refractivity contribution is -0.135. The van der Waals surface area contributed by atoms with E-state index in [1.54, 1.807) is 18.2 Å². The van der Waals surface area contributed by atoms with Crippen molar-refractivity contribution in [3.63, 3.8) is 0 Å². The number of amides is 9. The van der Waals surface area contributed by atoms with Crippen LogP contribution in [0.15, 0.2) is 66.7 Å². The number of fused-ring (bicyclic) bond motifs is 1. The number of carbonyl (C=O) groups excluding carboxylic acids is 9. The Labute approximate surface area is 604 Å². The summed E-state index contributed by atoms with van der Waals surface area (Å²) in [6.45, 7) is 12.8. The molecule has 0 heterocycles. The quantitative estimate of drug-likeness (QED) is 0.0156. The lowest BCUT2D eigenvalue weighted by Gasteiger charge is -2.27. The number of nitrogens with one attached hydrogen (secondary N) is 12. The fourth-order valence-corrected chi connectivity index (χ4v) is 10.3. The van der Waals surface area contributed by atoms with Crippen LogP contribution in [0.3, 0.4) is 0 Å². The number of ether oxygens (including phenoxy) is 6. The van der Waals surface area contributed by atoms with Gasteiger partial charge in [0, 0.05) is 56.6 Å². The van der Waals surface area contributed by atoms with Crippen molar-refractivity contribution in [3.8, 4) is 5.75 Å². The van der Waals surface area contributed by atoms with E-state index < -0.39 is 96.0 Å². The first-order valence-electron chi connectivity index (χ1n) is 34.7. The van der Waals surface area contributed by atoms with E-state index in [2.05, 4.69) is 83.7 Å². The summed E-state index contributed by atoms with van der Waals surface area (Å²) in [6.07, 6.45) is 2.99. The zero-order chi connectivity index (χ0) is 74.0. The van der Waals surface area contributed by atoms with Crippen LogP contribution in [0, 0.1) is 5.41 Å². The summed E-state index contributed by atoms with van der Waals surface area (Å²) in [7, 11) is 0. The Bertz CT molecular complexity index is 2940. The highest BCUT2D eigenvalue weighted by molar-refractivity contribution is 7.80. The van der Waals surface area contributed by atoms with E-state index in [-0.39, 0.29) is 126 Å².